The number of amides is 1. The quantitative estimate of drug-likeness (QED) is 0.287. The van der Waals surface area contributed by atoms with Crippen LogP contribution in [0.5, 0.6) is 23.0 Å². The van der Waals surface area contributed by atoms with Gasteiger partial charge in [0, 0.05) is 34.7 Å². The normalized spacial score (nSPS) is 10.7. The van der Waals surface area contributed by atoms with Crippen molar-refractivity contribution < 1.29 is 23.7 Å². The molecule has 0 aliphatic rings. The summed E-state index contributed by atoms with van der Waals surface area (Å²) in [5, 5.41) is 4.97. The summed E-state index contributed by atoms with van der Waals surface area (Å²) in [5.74, 6) is 2.15. The molecule has 0 bridgehead atoms. The van der Waals surface area contributed by atoms with Gasteiger partial charge in [0.15, 0.2) is 23.0 Å². The second-order valence-electron chi connectivity index (χ2n) is 7.88. The second-order valence-corrected chi connectivity index (χ2v) is 8.73. The molecule has 1 N–H and O–H groups in total. The van der Waals surface area contributed by atoms with Gasteiger partial charge in [-0.05, 0) is 53.6 Å². The number of benzene rings is 3. The zero-order valence-corrected chi connectivity index (χ0v) is 21.7. The van der Waals surface area contributed by atoms with Crippen LogP contribution in [0.3, 0.4) is 0 Å². The summed E-state index contributed by atoms with van der Waals surface area (Å²) in [7, 11) is 6.37. The standard InChI is InChI=1S/C28H28N2O5S/c1-32-23-13-17-10-11-29-22(20(17)15-25(23)34-3)12-18-14-24(33-2)26(35-4)16-21(18)30-28(31)19-8-6-7-9-27(19)36-5/h6-11,13-16H,12H2,1-5H3,(H,30,31). The van der Waals surface area contributed by atoms with E-state index in [-0.39, 0.29) is 5.91 Å². The fraction of sp³-hybridized carbons (Fsp3) is 0.214. The van der Waals surface area contributed by atoms with Gasteiger partial charge >= 0.3 is 0 Å². The molecule has 0 unspecified atom stereocenters. The van der Waals surface area contributed by atoms with Crippen molar-refractivity contribution in [1.82, 2.24) is 4.98 Å². The lowest BCUT2D eigenvalue weighted by molar-refractivity contribution is 0.102. The van der Waals surface area contributed by atoms with E-state index in [9.17, 15) is 4.79 Å². The van der Waals surface area contributed by atoms with Gasteiger partial charge in [0.1, 0.15) is 0 Å². The molecular weight excluding hydrogens is 476 g/mol. The number of ether oxygens (including phenoxy) is 4. The summed E-state index contributed by atoms with van der Waals surface area (Å²) in [5.41, 5.74) is 2.87. The van der Waals surface area contributed by atoms with E-state index in [4.69, 9.17) is 18.9 Å². The smallest absolute Gasteiger partial charge is 0.256 e. The predicted octanol–water partition coefficient (Wildman–Crippen LogP) is 5.83. The third-order valence-electron chi connectivity index (χ3n) is 5.92. The van der Waals surface area contributed by atoms with Crippen molar-refractivity contribution in [3.05, 3.63) is 77.6 Å². The number of thioether (sulfide) groups is 1. The molecule has 0 saturated carbocycles. The number of carbonyl (C=O) groups is 1. The molecule has 4 rings (SSSR count). The van der Waals surface area contributed by atoms with Crippen molar-refractivity contribution in [1.29, 1.82) is 0 Å². The molecule has 0 fully saturated rings. The molecule has 0 aliphatic heterocycles. The van der Waals surface area contributed by atoms with E-state index in [1.165, 1.54) is 11.8 Å². The zero-order chi connectivity index (χ0) is 25.7. The molecule has 1 amide bonds. The number of anilines is 1. The molecule has 0 spiro atoms. The van der Waals surface area contributed by atoms with Crippen molar-refractivity contribution in [3.63, 3.8) is 0 Å². The molecule has 1 aromatic heterocycles. The maximum absolute atomic E-state index is 13.3. The van der Waals surface area contributed by atoms with Crippen molar-refractivity contribution in [2.75, 3.05) is 40.0 Å². The molecule has 36 heavy (non-hydrogen) atoms. The molecule has 186 valence electrons. The molecule has 0 aliphatic carbocycles. The maximum Gasteiger partial charge on any atom is 0.256 e. The Kier molecular flexibility index (Phi) is 7.85. The molecule has 7 nitrogen and oxygen atoms in total. The summed E-state index contributed by atoms with van der Waals surface area (Å²) in [4.78, 5) is 18.8. The monoisotopic (exact) mass is 504 g/mol. The minimum absolute atomic E-state index is 0.203. The zero-order valence-electron chi connectivity index (χ0n) is 20.9. The fourth-order valence-electron chi connectivity index (χ4n) is 4.09. The highest BCUT2D eigenvalue weighted by molar-refractivity contribution is 7.98. The molecule has 8 heteroatoms. The average molecular weight is 505 g/mol. The van der Waals surface area contributed by atoms with Crippen molar-refractivity contribution in [2.24, 2.45) is 0 Å². The summed E-state index contributed by atoms with van der Waals surface area (Å²) in [6, 6.07) is 16.9. The molecule has 4 aromatic rings. The Morgan fingerprint density at radius 2 is 1.50 bits per heavy atom. The molecule has 0 atom stereocenters. The third kappa shape index (κ3) is 5.04. The second kappa shape index (κ2) is 11.2. The highest BCUT2D eigenvalue weighted by atomic mass is 32.2. The number of aromatic nitrogens is 1. The average Bonchev–Trinajstić information content (AvgIpc) is 2.92. The summed E-state index contributed by atoms with van der Waals surface area (Å²) in [6.07, 6.45) is 4.15. The topological polar surface area (TPSA) is 78.9 Å². The largest absolute Gasteiger partial charge is 0.493 e. The van der Waals surface area contributed by atoms with Crippen molar-refractivity contribution >= 4 is 34.1 Å². The highest BCUT2D eigenvalue weighted by Gasteiger charge is 2.18. The lowest BCUT2D eigenvalue weighted by Gasteiger charge is -2.17. The third-order valence-corrected chi connectivity index (χ3v) is 6.71. The number of carbonyl (C=O) groups excluding carboxylic acids is 1. The molecule has 1 heterocycles. The Labute approximate surface area is 214 Å². The van der Waals surface area contributed by atoms with Crippen LogP contribution in [0.2, 0.25) is 0 Å². The van der Waals surface area contributed by atoms with Gasteiger partial charge in [-0.3, -0.25) is 9.78 Å². The van der Waals surface area contributed by atoms with Crippen LogP contribution in [0.1, 0.15) is 21.6 Å². The SMILES string of the molecule is COc1cc(Cc2nccc3cc(OC)c(OC)cc23)c(NC(=O)c2ccccc2SC)cc1OC. The highest BCUT2D eigenvalue weighted by Crippen LogP contribution is 2.37. The van der Waals surface area contributed by atoms with E-state index < -0.39 is 0 Å². The minimum atomic E-state index is -0.203. The first kappa shape index (κ1) is 25.2. The van der Waals surface area contributed by atoms with E-state index in [1.807, 2.05) is 54.8 Å². The van der Waals surface area contributed by atoms with Crippen molar-refractivity contribution in [3.8, 4) is 23.0 Å². The summed E-state index contributed by atoms with van der Waals surface area (Å²) in [6.45, 7) is 0. The van der Waals surface area contributed by atoms with Crippen LogP contribution in [0.25, 0.3) is 10.8 Å². The minimum Gasteiger partial charge on any atom is -0.493 e. The number of fused-ring (bicyclic) bond motifs is 1. The fourth-order valence-corrected chi connectivity index (χ4v) is 4.68. The van der Waals surface area contributed by atoms with Gasteiger partial charge in [0.25, 0.3) is 5.91 Å². The number of hydrogen-bond acceptors (Lipinski definition) is 7. The van der Waals surface area contributed by atoms with E-state index in [0.717, 1.165) is 26.9 Å². The predicted molar refractivity (Wildman–Crippen MR) is 143 cm³/mol. The first-order valence-electron chi connectivity index (χ1n) is 11.2. The first-order chi connectivity index (χ1) is 17.5. The van der Waals surface area contributed by atoms with Crippen LogP contribution in [0.4, 0.5) is 5.69 Å². The van der Waals surface area contributed by atoms with Gasteiger partial charge in [-0.2, -0.15) is 0 Å². The molecule has 0 saturated heterocycles. The van der Waals surface area contributed by atoms with Crippen LogP contribution in [0, 0.1) is 0 Å². The van der Waals surface area contributed by atoms with Crippen LogP contribution < -0.4 is 24.3 Å². The lowest BCUT2D eigenvalue weighted by Crippen LogP contribution is -2.15. The van der Waals surface area contributed by atoms with Gasteiger partial charge in [0.05, 0.1) is 39.7 Å². The van der Waals surface area contributed by atoms with Gasteiger partial charge in [-0.15, -0.1) is 11.8 Å². The molecular formula is C28H28N2O5S. The number of methoxy groups -OCH3 is 4. The molecule has 3 aromatic carbocycles. The van der Waals surface area contributed by atoms with E-state index >= 15 is 0 Å². The Morgan fingerprint density at radius 1 is 0.861 bits per heavy atom. The number of hydrogen-bond donors (Lipinski definition) is 1. The van der Waals surface area contributed by atoms with Gasteiger partial charge in [0.2, 0.25) is 0 Å². The van der Waals surface area contributed by atoms with Gasteiger partial charge in [-0.25, -0.2) is 0 Å². The number of nitrogens with zero attached hydrogens (tertiary/aromatic N) is 1. The van der Waals surface area contributed by atoms with Crippen LogP contribution in [-0.2, 0) is 6.42 Å². The van der Waals surface area contributed by atoms with E-state index in [2.05, 4.69) is 10.3 Å². The number of rotatable bonds is 9. The Morgan fingerprint density at radius 3 is 2.19 bits per heavy atom. The summed E-state index contributed by atoms with van der Waals surface area (Å²) >= 11 is 1.53. The first-order valence-corrected chi connectivity index (χ1v) is 12.4. The lowest BCUT2D eigenvalue weighted by atomic mass is 10.0. The van der Waals surface area contributed by atoms with E-state index in [1.54, 1.807) is 40.7 Å². The van der Waals surface area contributed by atoms with Crippen LogP contribution in [0.15, 0.2) is 65.7 Å². The van der Waals surface area contributed by atoms with E-state index in [0.29, 0.717) is 40.7 Å². The number of nitrogens with one attached hydrogen (secondary N) is 1. The number of pyridine rings is 1. The Bertz CT molecular complexity index is 1410. The van der Waals surface area contributed by atoms with Gasteiger partial charge < -0.3 is 24.3 Å². The summed E-state index contributed by atoms with van der Waals surface area (Å²) < 4.78 is 22.0. The molecule has 0 radical (unpaired) electrons. The maximum atomic E-state index is 13.3. The van der Waals surface area contributed by atoms with Crippen molar-refractivity contribution in [2.45, 2.75) is 11.3 Å². The van der Waals surface area contributed by atoms with Gasteiger partial charge in [-0.1, -0.05) is 12.1 Å². The Hall–Kier alpha value is -3.91. The van der Waals surface area contributed by atoms with Crippen LogP contribution >= 0.6 is 11.8 Å². The Balaban J connectivity index is 1.79. The van der Waals surface area contributed by atoms with Crippen LogP contribution in [-0.4, -0.2) is 45.6 Å².